The van der Waals surface area contributed by atoms with Gasteiger partial charge in [-0.2, -0.15) is 0 Å². The van der Waals surface area contributed by atoms with E-state index < -0.39 is 35.1 Å². The molecule has 3 amide bonds. The molecule has 0 bridgehead atoms. The van der Waals surface area contributed by atoms with Crippen LogP contribution < -0.4 is 15.5 Å². The average Bonchev–Trinajstić information content (AvgIpc) is 3.60. The van der Waals surface area contributed by atoms with Crippen molar-refractivity contribution in [3.8, 4) is 0 Å². The molecule has 3 N–H and O–H groups in total. The van der Waals surface area contributed by atoms with Crippen LogP contribution in [-0.4, -0.2) is 28.7 Å². The molecule has 0 aliphatic carbocycles. The summed E-state index contributed by atoms with van der Waals surface area (Å²) in [5, 5.41) is 7.50. The highest BCUT2D eigenvalue weighted by Gasteiger charge is 2.70. The van der Waals surface area contributed by atoms with Gasteiger partial charge in [-0.1, -0.05) is 36.4 Å². The molecule has 7 nitrogen and oxygen atoms in total. The predicted molar refractivity (Wildman–Crippen MR) is 136 cm³/mol. The quantitative estimate of drug-likeness (QED) is 0.378. The molecular weight excluding hydrogens is 471 g/mol. The molecular formula is C29H23FN4O3. The molecule has 4 heterocycles. The number of nitrogens with one attached hydrogen (secondary N) is 3. The highest BCUT2D eigenvalue weighted by molar-refractivity contribution is 6.26. The molecule has 37 heavy (non-hydrogen) atoms. The van der Waals surface area contributed by atoms with Crippen LogP contribution in [0.4, 0.5) is 15.8 Å². The topological polar surface area (TPSA) is 94.3 Å². The number of aromatic nitrogens is 1. The van der Waals surface area contributed by atoms with E-state index in [4.69, 9.17) is 0 Å². The minimum Gasteiger partial charge on any atom is -0.361 e. The van der Waals surface area contributed by atoms with E-state index in [1.807, 2.05) is 55.6 Å². The smallest absolute Gasteiger partial charge is 0.250 e. The molecule has 7 rings (SSSR count). The highest BCUT2D eigenvalue weighted by Crippen LogP contribution is 2.54. The third kappa shape index (κ3) is 2.87. The Morgan fingerprint density at radius 1 is 0.946 bits per heavy atom. The summed E-state index contributed by atoms with van der Waals surface area (Å²) >= 11 is 0. The third-order valence-corrected chi connectivity index (χ3v) is 8.16. The van der Waals surface area contributed by atoms with Crippen LogP contribution in [0.1, 0.15) is 16.7 Å². The molecule has 3 aromatic carbocycles. The Hall–Kier alpha value is -4.30. The average molecular weight is 495 g/mol. The number of hydrogen-bond donors (Lipinski definition) is 3. The summed E-state index contributed by atoms with van der Waals surface area (Å²) in [6, 6.07) is 18.3. The molecule has 0 unspecified atom stereocenters. The zero-order chi connectivity index (χ0) is 25.5. The minimum atomic E-state index is -1.38. The summed E-state index contributed by atoms with van der Waals surface area (Å²) in [6.07, 6.45) is 2.36. The second kappa shape index (κ2) is 7.60. The summed E-state index contributed by atoms with van der Waals surface area (Å²) in [5.41, 5.74) is 3.12. The standard InChI is InChI=1S/C29H23FN4O3/c1-15-5-4-7-20-25(15)32-28(37)29(20)24-23(26(35)34(27(24)36)18-11-9-17(30)10-12-18)22(33-29)13-16-14-31-21-8-3-2-6-19(16)21/h2-12,14,22-24,31,33H,13H2,1H3,(H,32,37)/t22-,23-,24+,29+/m1/s1. The Morgan fingerprint density at radius 3 is 2.54 bits per heavy atom. The van der Waals surface area contributed by atoms with Gasteiger partial charge in [0.15, 0.2) is 0 Å². The fraction of sp³-hybridized carbons (Fsp3) is 0.207. The van der Waals surface area contributed by atoms with Gasteiger partial charge >= 0.3 is 0 Å². The first kappa shape index (κ1) is 21.9. The lowest BCUT2D eigenvalue weighted by Gasteiger charge is -2.29. The van der Waals surface area contributed by atoms with Crippen molar-refractivity contribution >= 4 is 40.0 Å². The number of carbonyl (C=O) groups is 3. The largest absolute Gasteiger partial charge is 0.361 e. The molecule has 0 saturated carbocycles. The van der Waals surface area contributed by atoms with Crippen LogP contribution in [0, 0.1) is 24.6 Å². The van der Waals surface area contributed by atoms with Gasteiger partial charge in [-0.25, -0.2) is 9.29 Å². The molecule has 3 aliphatic rings. The Bertz CT molecular complexity index is 1630. The molecule has 8 heteroatoms. The number of carbonyl (C=O) groups excluding carboxylic acids is 3. The van der Waals surface area contributed by atoms with Crippen molar-refractivity contribution < 1.29 is 18.8 Å². The lowest BCUT2D eigenvalue weighted by atomic mass is 9.76. The molecule has 0 radical (unpaired) electrons. The van der Waals surface area contributed by atoms with Crippen molar-refractivity contribution in [1.82, 2.24) is 10.3 Å². The Balaban J connectivity index is 1.39. The molecule has 1 spiro atoms. The number of benzene rings is 3. The number of halogens is 1. The Labute approximate surface area is 211 Å². The number of H-pyrrole nitrogens is 1. The fourth-order valence-electron chi connectivity index (χ4n) is 6.53. The van der Waals surface area contributed by atoms with Crippen LogP contribution in [0.3, 0.4) is 0 Å². The molecule has 2 fully saturated rings. The zero-order valence-electron chi connectivity index (χ0n) is 19.9. The van der Waals surface area contributed by atoms with Crippen LogP contribution >= 0.6 is 0 Å². The number of fused-ring (bicyclic) bond motifs is 5. The molecule has 2 saturated heterocycles. The zero-order valence-corrected chi connectivity index (χ0v) is 19.9. The number of imide groups is 1. The summed E-state index contributed by atoms with van der Waals surface area (Å²) in [5.74, 6) is -3.36. The Kier molecular flexibility index (Phi) is 4.51. The third-order valence-electron chi connectivity index (χ3n) is 8.16. The van der Waals surface area contributed by atoms with Crippen molar-refractivity contribution in [2.45, 2.75) is 24.9 Å². The lowest BCUT2D eigenvalue weighted by molar-refractivity contribution is -0.130. The maximum Gasteiger partial charge on any atom is 0.250 e. The van der Waals surface area contributed by atoms with Crippen molar-refractivity contribution in [2.24, 2.45) is 11.8 Å². The maximum atomic E-state index is 14.0. The van der Waals surface area contributed by atoms with Crippen LogP contribution in [0.5, 0.6) is 0 Å². The number of hydrogen-bond acceptors (Lipinski definition) is 4. The Morgan fingerprint density at radius 2 is 1.73 bits per heavy atom. The van der Waals surface area contributed by atoms with E-state index in [2.05, 4.69) is 15.6 Å². The SMILES string of the molecule is Cc1cccc2c1NC(=O)[C@]21N[C@H](Cc2c[nH]c3ccccc23)[C@H]2C(=O)N(c3ccc(F)cc3)C(=O)[C@H]21. The number of aromatic amines is 1. The second-order valence-corrected chi connectivity index (χ2v) is 10.1. The number of amides is 3. The van der Waals surface area contributed by atoms with Gasteiger partial charge in [0.2, 0.25) is 17.7 Å². The second-order valence-electron chi connectivity index (χ2n) is 10.1. The first-order chi connectivity index (χ1) is 17.9. The summed E-state index contributed by atoms with van der Waals surface area (Å²) in [7, 11) is 0. The molecule has 1 aromatic heterocycles. The van der Waals surface area contributed by atoms with E-state index in [1.165, 1.54) is 24.3 Å². The van der Waals surface area contributed by atoms with E-state index >= 15 is 0 Å². The van der Waals surface area contributed by atoms with Crippen LogP contribution in [0.25, 0.3) is 10.9 Å². The monoisotopic (exact) mass is 494 g/mol. The number of anilines is 2. The normalized spacial score (nSPS) is 26.3. The van der Waals surface area contributed by atoms with Crippen LogP contribution in [0.15, 0.2) is 72.9 Å². The van der Waals surface area contributed by atoms with Crippen molar-refractivity contribution in [2.75, 3.05) is 10.2 Å². The van der Waals surface area contributed by atoms with Gasteiger partial charge in [0.25, 0.3) is 0 Å². The van der Waals surface area contributed by atoms with Crippen molar-refractivity contribution in [3.05, 3.63) is 95.4 Å². The molecule has 4 aromatic rings. The van der Waals surface area contributed by atoms with E-state index in [0.29, 0.717) is 23.4 Å². The molecule has 4 atom stereocenters. The fourth-order valence-corrected chi connectivity index (χ4v) is 6.53. The van der Waals surface area contributed by atoms with Crippen LogP contribution in [-0.2, 0) is 26.3 Å². The van der Waals surface area contributed by atoms with Gasteiger partial charge in [-0.3, -0.25) is 19.7 Å². The summed E-state index contributed by atoms with van der Waals surface area (Å²) in [6.45, 7) is 1.90. The van der Waals surface area contributed by atoms with Crippen LogP contribution in [0.2, 0.25) is 0 Å². The number of aryl methyl sites for hydroxylation is 1. The maximum absolute atomic E-state index is 14.0. The van der Waals surface area contributed by atoms with Gasteiger partial charge in [-0.15, -0.1) is 0 Å². The van der Waals surface area contributed by atoms with Gasteiger partial charge in [0.1, 0.15) is 11.4 Å². The van der Waals surface area contributed by atoms with E-state index in [9.17, 15) is 18.8 Å². The first-order valence-electron chi connectivity index (χ1n) is 12.3. The van der Waals surface area contributed by atoms with Gasteiger partial charge in [0.05, 0.1) is 17.5 Å². The summed E-state index contributed by atoms with van der Waals surface area (Å²) < 4.78 is 13.6. The van der Waals surface area contributed by atoms with Gasteiger partial charge in [-0.05, 0) is 54.8 Å². The van der Waals surface area contributed by atoms with E-state index in [1.54, 1.807) is 0 Å². The number of rotatable bonds is 3. The molecule has 3 aliphatic heterocycles. The summed E-state index contributed by atoms with van der Waals surface area (Å²) in [4.78, 5) is 46.1. The molecule has 184 valence electrons. The van der Waals surface area contributed by atoms with Gasteiger partial charge in [0, 0.05) is 34.4 Å². The lowest BCUT2D eigenvalue weighted by Crippen LogP contribution is -2.53. The van der Waals surface area contributed by atoms with Gasteiger partial charge < -0.3 is 10.3 Å². The minimum absolute atomic E-state index is 0.301. The number of para-hydroxylation sites is 2. The van der Waals surface area contributed by atoms with Crippen molar-refractivity contribution in [1.29, 1.82) is 0 Å². The van der Waals surface area contributed by atoms with E-state index in [0.717, 1.165) is 26.9 Å². The van der Waals surface area contributed by atoms with E-state index in [-0.39, 0.29) is 11.8 Å². The van der Waals surface area contributed by atoms with Crippen molar-refractivity contribution in [3.63, 3.8) is 0 Å². The first-order valence-corrected chi connectivity index (χ1v) is 12.3. The predicted octanol–water partition coefficient (Wildman–Crippen LogP) is 3.78. The number of nitrogens with zero attached hydrogens (tertiary/aromatic N) is 1. The highest BCUT2D eigenvalue weighted by atomic mass is 19.1.